The number of anilines is 2. The predicted molar refractivity (Wildman–Crippen MR) is 99.3 cm³/mol. The Labute approximate surface area is 160 Å². The van der Waals surface area contributed by atoms with Crippen LogP contribution in [0.25, 0.3) is 0 Å². The lowest BCUT2D eigenvalue weighted by Gasteiger charge is -2.16. The van der Waals surface area contributed by atoms with Crippen LogP contribution >= 0.6 is 11.6 Å². The molecule has 0 saturated carbocycles. The first-order valence-electron chi connectivity index (χ1n) is 8.51. The van der Waals surface area contributed by atoms with Gasteiger partial charge in [-0.25, -0.2) is 9.97 Å². The van der Waals surface area contributed by atoms with Crippen molar-refractivity contribution in [2.24, 2.45) is 0 Å². The van der Waals surface area contributed by atoms with Gasteiger partial charge in [0.1, 0.15) is 0 Å². The molecule has 138 valence electrons. The van der Waals surface area contributed by atoms with E-state index in [2.05, 4.69) is 15.3 Å². The number of carbonyl (C=O) groups excluding carboxylic acids is 3. The van der Waals surface area contributed by atoms with Crippen LogP contribution in [0, 0.1) is 0 Å². The summed E-state index contributed by atoms with van der Waals surface area (Å²) in [7, 11) is 1.42. The van der Waals surface area contributed by atoms with Gasteiger partial charge >= 0.3 is 0 Å². The van der Waals surface area contributed by atoms with Gasteiger partial charge in [-0.05, 0) is 31.0 Å². The minimum atomic E-state index is -0.507. The van der Waals surface area contributed by atoms with Gasteiger partial charge in [-0.2, -0.15) is 0 Å². The van der Waals surface area contributed by atoms with Crippen molar-refractivity contribution in [1.29, 1.82) is 0 Å². The van der Waals surface area contributed by atoms with Crippen molar-refractivity contribution in [1.82, 2.24) is 14.9 Å². The summed E-state index contributed by atoms with van der Waals surface area (Å²) in [4.78, 5) is 48.2. The molecule has 2 aromatic rings. The molecule has 3 heterocycles. The summed E-state index contributed by atoms with van der Waals surface area (Å²) in [6.45, 7) is 1.69. The van der Waals surface area contributed by atoms with Gasteiger partial charge in [0, 0.05) is 25.8 Å². The summed E-state index contributed by atoms with van der Waals surface area (Å²) in [5.74, 6) is -0.796. The number of benzene rings is 1. The van der Waals surface area contributed by atoms with Gasteiger partial charge in [0.2, 0.25) is 5.95 Å². The molecule has 1 aromatic heterocycles. The van der Waals surface area contributed by atoms with Gasteiger partial charge in [0.05, 0.1) is 22.3 Å². The monoisotopic (exact) mass is 385 g/mol. The lowest BCUT2D eigenvalue weighted by atomic mass is 10.1. The number of carbonyl (C=O) groups is 3. The van der Waals surface area contributed by atoms with Crippen LogP contribution in [0.2, 0.25) is 5.02 Å². The van der Waals surface area contributed by atoms with Crippen molar-refractivity contribution in [3.8, 4) is 0 Å². The number of nitrogens with one attached hydrogen (secondary N) is 1. The van der Waals surface area contributed by atoms with E-state index < -0.39 is 11.8 Å². The average Bonchev–Trinajstić information content (AvgIpc) is 3.27. The van der Waals surface area contributed by atoms with E-state index in [1.54, 1.807) is 6.07 Å². The molecule has 1 N–H and O–H groups in total. The number of aromatic nitrogens is 2. The fraction of sp³-hybridized carbons (Fsp3) is 0.278. The molecule has 2 aliphatic rings. The highest BCUT2D eigenvalue weighted by molar-refractivity contribution is 6.34. The van der Waals surface area contributed by atoms with E-state index in [9.17, 15) is 14.4 Å². The number of rotatable bonds is 3. The zero-order valence-corrected chi connectivity index (χ0v) is 15.3. The molecular formula is C18H16ClN5O3. The molecule has 1 aromatic carbocycles. The normalized spacial score (nSPS) is 16.1. The Balaban J connectivity index is 1.59. The maximum atomic E-state index is 12.6. The standard InChI is InChI=1S/C18H16ClN5O3/c1-23-16(26)11-5-4-10(8-12(11)17(23)27)21-15(25)14-13(19)9-20-18(22-14)24-6-2-3-7-24/h4-5,8-9H,2-3,6-7H2,1H3,(H,21,25). The molecule has 0 bridgehead atoms. The minimum absolute atomic E-state index is 0.0635. The van der Waals surface area contributed by atoms with Crippen LogP contribution < -0.4 is 10.2 Å². The van der Waals surface area contributed by atoms with Crippen LogP contribution in [0.5, 0.6) is 0 Å². The zero-order chi connectivity index (χ0) is 19.1. The summed E-state index contributed by atoms with van der Waals surface area (Å²) < 4.78 is 0. The van der Waals surface area contributed by atoms with Gasteiger partial charge in [-0.15, -0.1) is 0 Å². The number of fused-ring (bicyclic) bond motifs is 1. The summed E-state index contributed by atoms with van der Waals surface area (Å²) in [6.07, 6.45) is 3.53. The fourth-order valence-corrected chi connectivity index (χ4v) is 3.39. The molecule has 27 heavy (non-hydrogen) atoms. The van der Waals surface area contributed by atoms with Gasteiger partial charge in [0.25, 0.3) is 17.7 Å². The molecule has 4 rings (SSSR count). The Morgan fingerprint density at radius 1 is 1.15 bits per heavy atom. The van der Waals surface area contributed by atoms with E-state index >= 15 is 0 Å². The van der Waals surface area contributed by atoms with Gasteiger partial charge < -0.3 is 10.2 Å². The van der Waals surface area contributed by atoms with Crippen molar-refractivity contribution in [2.45, 2.75) is 12.8 Å². The number of nitrogens with zero attached hydrogens (tertiary/aromatic N) is 4. The quantitative estimate of drug-likeness (QED) is 0.814. The second-order valence-electron chi connectivity index (χ2n) is 6.44. The first-order valence-corrected chi connectivity index (χ1v) is 8.89. The SMILES string of the molecule is CN1C(=O)c2ccc(NC(=O)c3nc(N4CCCC4)ncc3Cl)cc2C1=O. The van der Waals surface area contributed by atoms with Crippen LogP contribution in [0.4, 0.5) is 11.6 Å². The third-order valence-electron chi connectivity index (χ3n) is 4.68. The maximum Gasteiger partial charge on any atom is 0.276 e. The molecule has 9 heteroatoms. The van der Waals surface area contributed by atoms with Crippen molar-refractivity contribution < 1.29 is 14.4 Å². The number of imide groups is 1. The van der Waals surface area contributed by atoms with Crippen molar-refractivity contribution in [3.63, 3.8) is 0 Å². The fourth-order valence-electron chi connectivity index (χ4n) is 3.22. The van der Waals surface area contributed by atoms with Crippen LogP contribution in [-0.4, -0.2) is 52.7 Å². The first-order chi connectivity index (χ1) is 13.0. The van der Waals surface area contributed by atoms with E-state index in [4.69, 9.17) is 11.6 Å². The van der Waals surface area contributed by atoms with Gasteiger partial charge in [-0.3, -0.25) is 19.3 Å². The predicted octanol–water partition coefficient (Wildman–Crippen LogP) is 2.21. The second kappa shape index (κ2) is 6.62. The topological polar surface area (TPSA) is 95.5 Å². The summed E-state index contributed by atoms with van der Waals surface area (Å²) >= 11 is 6.11. The Kier molecular flexibility index (Phi) is 4.27. The summed E-state index contributed by atoms with van der Waals surface area (Å²) in [5, 5.41) is 2.82. The van der Waals surface area contributed by atoms with Gasteiger partial charge in [0.15, 0.2) is 5.69 Å². The molecule has 0 spiro atoms. The maximum absolute atomic E-state index is 12.6. The molecule has 8 nitrogen and oxygen atoms in total. The zero-order valence-electron chi connectivity index (χ0n) is 14.5. The van der Waals surface area contributed by atoms with Crippen LogP contribution in [0.1, 0.15) is 44.0 Å². The van der Waals surface area contributed by atoms with E-state index in [0.29, 0.717) is 17.2 Å². The highest BCUT2D eigenvalue weighted by Gasteiger charge is 2.33. The van der Waals surface area contributed by atoms with E-state index in [1.807, 2.05) is 4.90 Å². The molecular weight excluding hydrogens is 370 g/mol. The smallest absolute Gasteiger partial charge is 0.276 e. The molecule has 0 atom stereocenters. The number of hydrogen-bond acceptors (Lipinski definition) is 6. The second-order valence-corrected chi connectivity index (χ2v) is 6.85. The highest BCUT2D eigenvalue weighted by atomic mass is 35.5. The molecule has 1 saturated heterocycles. The van der Waals surface area contributed by atoms with E-state index in [1.165, 1.54) is 25.4 Å². The van der Waals surface area contributed by atoms with Crippen molar-refractivity contribution in [3.05, 3.63) is 46.2 Å². The Morgan fingerprint density at radius 2 is 1.85 bits per heavy atom. The third-order valence-corrected chi connectivity index (χ3v) is 4.96. The molecule has 0 radical (unpaired) electrons. The molecule has 0 aliphatic carbocycles. The summed E-state index contributed by atoms with van der Waals surface area (Å²) in [6, 6.07) is 4.57. The lowest BCUT2D eigenvalue weighted by molar-refractivity contribution is 0.0692. The average molecular weight is 386 g/mol. The lowest BCUT2D eigenvalue weighted by Crippen LogP contribution is -2.24. The first kappa shape index (κ1) is 17.4. The Bertz CT molecular complexity index is 971. The Hall–Kier alpha value is -3.00. The number of hydrogen-bond donors (Lipinski definition) is 1. The third kappa shape index (κ3) is 3.02. The van der Waals surface area contributed by atoms with Crippen LogP contribution in [0.15, 0.2) is 24.4 Å². The molecule has 2 aliphatic heterocycles. The molecule has 1 fully saturated rings. The minimum Gasteiger partial charge on any atom is -0.341 e. The van der Waals surface area contributed by atoms with Gasteiger partial charge in [-0.1, -0.05) is 11.6 Å². The number of halogens is 1. The molecule has 0 unspecified atom stereocenters. The largest absolute Gasteiger partial charge is 0.341 e. The van der Waals surface area contributed by atoms with Crippen molar-refractivity contribution in [2.75, 3.05) is 30.4 Å². The van der Waals surface area contributed by atoms with Crippen LogP contribution in [-0.2, 0) is 0 Å². The van der Waals surface area contributed by atoms with E-state index in [-0.39, 0.29) is 22.2 Å². The Morgan fingerprint density at radius 3 is 2.59 bits per heavy atom. The van der Waals surface area contributed by atoms with E-state index in [0.717, 1.165) is 30.8 Å². The number of amides is 3. The highest BCUT2D eigenvalue weighted by Crippen LogP contribution is 2.26. The summed E-state index contributed by atoms with van der Waals surface area (Å²) in [5.41, 5.74) is 1.02. The van der Waals surface area contributed by atoms with Crippen molar-refractivity contribution >= 4 is 41.0 Å². The molecule has 3 amide bonds. The van der Waals surface area contributed by atoms with Crippen LogP contribution in [0.3, 0.4) is 0 Å².